The van der Waals surface area contributed by atoms with E-state index in [-0.39, 0.29) is 24.7 Å². The van der Waals surface area contributed by atoms with Crippen LogP contribution in [0.3, 0.4) is 0 Å². The number of hydrogen-bond acceptors (Lipinski definition) is 10. The molecule has 2 saturated heterocycles. The van der Waals surface area contributed by atoms with Gasteiger partial charge in [0.15, 0.2) is 0 Å². The number of hydrogen-bond donors (Lipinski definition) is 5. The molecule has 0 bridgehead atoms. The number of aromatic nitrogens is 2. The molecule has 3 fully saturated rings. The van der Waals surface area contributed by atoms with Crippen molar-refractivity contribution in [3.8, 4) is 5.75 Å². The van der Waals surface area contributed by atoms with Gasteiger partial charge in [-0.05, 0) is 61.0 Å². The molecule has 0 radical (unpaired) electrons. The maximum Gasteiger partial charge on any atom is 0.227 e. The number of carbonyl (C=O) groups excluding carboxylic acids is 1. The van der Waals surface area contributed by atoms with E-state index < -0.39 is 36.8 Å². The van der Waals surface area contributed by atoms with Crippen molar-refractivity contribution in [2.75, 3.05) is 44.3 Å². The molecule has 3 aliphatic rings. The maximum absolute atomic E-state index is 14.7. The molecule has 7 atom stereocenters. The Hall–Kier alpha value is -2.61. The Morgan fingerprint density at radius 1 is 1.00 bits per heavy atom. The fourth-order valence-electron chi connectivity index (χ4n) is 6.56. The number of aliphatic hydroxyl groups is 5. The van der Waals surface area contributed by atoms with E-state index in [4.69, 9.17) is 21.4 Å². The van der Waals surface area contributed by atoms with Gasteiger partial charge in [0.1, 0.15) is 29.9 Å². The number of halogens is 2. The summed E-state index contributed by atoms with van der Waals surface area (Å²) >= 11 is 5.88. The zero-order chi connectivity index (χ0) is 31.4. The number of carbonyl (C=O) groups is 1. The van der Waals surface area contributed by atoms with E-state index >= 15 is 0 Å². The van der Waals surface area contributed by atoms with Gasteiger partial charge in [-0.25, -0.2) is 14.4 Å². The van der Waals surface area contributed by atoms with Crippen LogP contribution in [0.15, 0.2) is 30.6 Å². The van der Waals surface area contributed by atoms with Crippen LogP contribution in [-0.2, 0) is 11.2 Å². The normalized spacial score (nSPS) is 23.9. The summed E-state index contributed by atoms with van der Waals surface area (Å²) in [6.07, 6.45) is 0.699. The average molecular weight is 637 g/mol. The summed E-state index contributed by atoms with van der Waals surface area (Å²) in [6.45, 7) is 2.80. The quantitative estimate of drug-likeness (QED) is 0.171. The highest BCUT2D eigenvalue weighted by molar-refractivity contribution is 6.30. The standard InChI is InChI=1S/C31H42ClFN4O7/c32-20-11-34-31(35-12-20)37-15-23-22(24(23)16-37)4-2-8-44-21-7-6-19(25(33)10-21)9-28(41)36-13-18(14-36)3-1-5-26(39)29(42)30(43)27(40)17-38/h6-7,10-12,18,22-24,26-27,29-30,38-40,42-43H,1-5,8-9,13-17H2/t22?,23-,24+,26-,27+,29+,30+/m0/s1. The number of benzene rings is 1. The summed E-state index contributed by atoms with van der Waals surface area (Å²) in [5, 5.41) is 48.4. The molecule has 13 heteroatoms. The molecular weight excluding hydrogens is 595 g/mol. The van der Waals surface area contributed by atoms with E-state index in [1.165, 1.54) is 6.07 Å². The third-order valence-corrected chi connectivity index (χ3v) is 9.52. The topological polar surface area (TPSA) is 160 Å². The second kappa shape index (κ2) is 14.7. The van der Waals surface area contributed by atoms with Gasteiger partial charge in [-0.1, -0.05) is 24.1 Å². The molecule has 1 amide bonds. The van der Waals surface area contributed by atoms with Gasteiger partial charge in [0.05, 0.1) is 43.2 Å². The van der Waals surface area contributed by atoms with E-state index in [0.717, 1.165) is 31.9 Å². The van der Waals surface area contributed by atoms with E-state index in [2.05, 4.69) is 14.9 Å². The van der Waals surface area contributed by atoms with Crippen molar-refractivity contribution in [2.45, 2.75) is 62.9 Å². The van der Waals surface area contributed by atoms with Gasteiger partial charge in [-0.15, -0.1) is 0 Å². The molecular formula is C31H42ClFN4O7. The number of amides is 1. The Morgan fingerprint density at radius 2 is 1.68 bits per heavy atom. The first-order valence-corrected chi connectivity index (χ1v) is 15.8. The first-order valence-electron chi connectivity index (χ1n) is 15.4. The number of ether oxygens (including phenoxy) is 1. The minimum absolute atomic E-state index is 0.0304. The van der Waals surface area contributed by atoms with Crippen LogP contribution in [0.2, 0.25) is 5.02 Å². The summed E-state index contributed by atoms with van der Waals surface area (Å²) in [7, 11) is 0. The fourth-order valence-corrected chi connectivity index (χ4v) is 6.66. The summed E-state index contributed by atoms with van der Waals surface area (Å²) in [5.41, 5.74) is 0.326. The predicted octanol–water partition coefficient (Wildman–Crippen LogP) is 1.42. The van der Waals surface area contributed by atoms with Gasteiger partial charge in [0.25, 0.3) is 0 Å². The lowest BCUT2D eigenvalue weighted by Crippen LogP contribution is -2.50. The zero-order valence-electron chi connectivity index (χ0n) is 24.6. The highest BCUT2D eigenvalue weighted by Crippen LogP contribution is 2.54. The number of aliphatic hydroxyl groups excluding tert-OH is 5. The van der Waals surface area contributed by atoms with Crippen LogP contribution < -0.4 is 9.64 Å². The number of rotatable bonds is 16. The third-order valence-electron chi connectivity index (χ3n) is 9.33. The average Bonchev–Trinajstić information content (AvgIpc) is 3.43. The van der Waals surface area contributed by atoms with Gasteiger partial charge >= 0.3 is 0 Å². The molecule has 1 aliphatic carbocycles. The molecule has 0 spiro atoms. The van der Waals surface area contributed by atoms with Crippen LogP contribution in [0.25, 0.3) is 0 Å². The number of piperidine rings is 1. The molecule has 5 rings (SSSR count). The minimum atomic E-state index is -1.63. The Morgan fingerprint density at radius 3 is 2.34 bits per heavy atom. The van der Waals surface area contributed by atoms with Crippen molar-refractivity contribution in [1.82, 2.24) is 14.9 Å². The highest BCUT2D eigenvalue weighted by Gasteiger charge is 2.55. The van der Waals surface area contributed by atoms with Crippen LogP contribution in [0.5, 0.6) is 5.75 Å². The largest absolute Gasteiger partial charge is 0.493 e. The van der Waals surface area contributed by atoms with Crippen LogP contribution in [0.4, 0.5) is 10.3 Å². The van der Waals surface area contributed by atoms with Gasteiger partial charge in [-0.3, -0.25) is 4.79 Å². The Bertz CT molecular complexity index is 1240. The van der Waals surface area contributed by atoms with Crippen LogP contribution in [0.1, 0.15) is 37.7 Å². The first kappa shape index (κ1) is 32.8. The van der Waals surface area contributed by atoms with Crippen LogP contribution in [-0.4, -0.2) is 110 Å². The van der Waals surface area contributed by atoms with Gasteiger partial charge in [0, 0.05) is 32.2 Å². The summed E-state index contributed by atoms with van der Waals surface area (Å²) in [5.74, 6) is 2.80. The van der Waals surface area contributed by atoms with Gasteiger partial charge < -0.3 is 40.1 Å². The van der Waals surface area contributed by atoms with Crippen molar-refractivity contribution >= 4 is 23.5 Å². The molecule has 2 aromatic rings. The second-order valence-corrected chi connectivity index (χ2v) is 12.8. The maximum atomic E-state index is 14.7. The van der Waals surface area contributed by atoms with Crippen molar-refractivity contribution in [3.05, 3.63) is 47.0 Å². The zero-order valence-corrected chi connectivity index (χ0v) is 25.3. The van der Waals surface area contributed by atoms with Gasteiger partial charge in [0.2, 0.25) is 11.9 Å². The van der Waals surface area contributed by atoms with Crippen molar-refractivity contribution in [1.29, 1.82) is 0 Å². The molecule has 1 unspecified atom stereocenters. The lowest BCUT2D eigenvalue weighted by Gasteiger charge is -2.39. The molecule has 242 valence electrons. The monoisotopic (exact) mass is 636 g/mol. The summed E-state index contributed by atoms with van der Waals surface area (Å²) < 4.78 is 20.5. The van der Waals surface area contributed by atoms with Crippen LogP contribution in [0, 0.1) is 29.5 Å². The molecule has 2 aliphatic heterocycles. The smallest absolute Gasteiger partial charge is 0.227 e. The van der Waals surface area contributed by atoms with E-state index in [1.807, 2.05) is 0 Å². The van der Waals surface area contributed by atoms with Crippen LogP contribution >= 0.6 is 11.6 Å². The third kappa shape index (κ3) is 7.96. The SMILES string of the molecule is O=C(Cc1ccc(OCCCC2[C@H]3CN(c4ncc(Cl)cn4)C[C@@H]23)cc1F)N1CC(CCC[C@H](O)[C@@H](O)[C@H](O)[C@H](O)CO)C1. The van der Waals surface area contributed by atoms with Crippen molar-refractivity contribution in [3.63, 3.8) is 0 Å². The van der Waals surface area contributed by atoms with Crippen molar-refractivity contribution in [2.24, 2.45) is 23.7 Å². The van der Waals surface area contributed by atoms with Gasteiger partial charge in [-0.2, -0.15) is 0 Å². The Kier molecular flexibility index (Phi) is 10.9. The Labute approximate surface area is 261 Å². The number of likely N-dealkylation sites (tertiary alicyclic amines) is 1. The fraction of sp³-hybridized carbons (Fsp3) is 0.645. The molecule has 44 heavy (non-hydrogen) atoms. The van der Waals surface area contributed by atoms with E-state index in [9.17, 15) is 29.6 Å². The molecule has 1 saturated carbocycles. The Balaban J connectivity index is 0.938. The lowest BCUT2D eigenvalue weighted by molar-refractivity contribution is -0.137. The molecule has 5 N–H and O–H groups in total. The molecule has 11 nitrogen and oxygen atoms in total. The summed E-state index contributed by atoms with van der Waals surface area (Å²) in [4.78, 5) is 25.2. The molecule has 1 aromatic heterocycles. The molecule has 1 aromatic carbocycles. The minimum Gasteiger partial charge on any atom is -0.493 e. The second-order valence-electron chi connectivity index (χ2n) is 12.4. The number of fused-ring (bicyclic) bond motifs is 1. The first-order chi connectivity index (χ1) is 21.1. The lowest BCUT2D eigenvalue weighted by atomic mass is 9.91. The highest BCUT2D eigenvalue weighted by atomic mass is 35.5. The van der Waals surface area contributed by atoms with E-state index in [1.54, 1.807) is 29.4 Å². The summed E-state index contributed by atoms with van der Waals surface area (Å²) in [6, 6.07) is 4.65. The number of anilines is 1. The number of nitrogens with zero attached hydrogens (tertiary/aromatic N) is 4. The van der Waals surface area contributed by atoms with E-state index in [0.29, 0.717) is 66.6 Å². The van der Waals surface area contributed by atoms with Crippen molar-refractivity contribution < 1.29 is 39.5 Å². The molecule has 3 heterocycles. The predicted molar refractivity (Wildman–Crippen MR) is 160 cm³/mol.